The fraction of sp³-hybridized carbons (Fsp3) is 0.385. The number of halogens is 1. The first-order chi connectivity index (χ1) is 8.49. The number of carboxylic acids is 1. The molecule has 1 aliphatic carbocycles. The van der Waals surface area contributed by atoms with Crippen LogP contribution >= 0.6 is 11.6 Å². The van der Waals surface area contributed by atoms with Crippen LogP contribution in [0.25, 0.3) is 0 Å². The molecule has 96 valence electrons. The molecule has 1 saturated carbocycles. The van der Waals surface area contributed by atoms with Crippen LogP contribution in [0.3, 0.4) is 0 Å². The lowest BCUT2D eigenvalue weighted by Crippen LogP contribution is -2.29. The van der Waals surface area contributed by atoms with Crippen LogP contribution in [0.15, 0.2) is 24.3 Å². The molecule has 1 aliphatic rings. The normalized spacial score (nSPS) is 23.2. The van der Waals surface area contributed by atoms with Crippen LogP contribution in [0.1, 0.15) is 24.9 Å². The van der Waals surface area contributed by atoms with Crippen LogP contribution in [0.2, 0.25) is 5.02 Å². The van der Waals surface area contributed by atoms with Crippen molar-refractivity contribution in [2.75, 3.05) is 0 Å². The van der Waals surface area contributed by atoms with Gasteiger partial charge in [0, 0.05) is 5.02 Å². The molecule has 0 bridgehead atoms. The second-order valence-electron chi connectivity index (χ2n) is 4.57. The van der Waals surface area contributed by atoms with E-state index in [1.807, 2.05) is 19.1 Å². The second-order valence-corrected chi connectivity index (χ2v) is 5.01. The quantitative estimate of drug-likeness (QED) is 0.879. The Balaban J connectivity index is 1.92. The summed E-state index contributed by atoms with van der Waals surface area (Å²) in [6, 6.07) is 7.06. The van der Waals surface area contributed by atoms with Crippen molar-refractivity contribution in [2.24, 2.45) is 11.8 Å². The number of carboxylic acid groups (broad SMARTS) is 1. The van der Waals surface area contributed by atoms with Gasteiger partial charge in [0.15, 0.2) is 0 Å². The van der Waals surface area contributed by atoms with Crippen LogP contribution in [-0.2, 0) is 9.59 Å². The molecule has 0 aromatic heterocycles. The summed E-state index contributed by atoms with van der Waals surface area (Å²) in [6.07, 6.45) is 0.439. The Morgan fingerprint density at radius 2 is 1.94 bits per heavy atom. The third-order valence-corrected chi connectivity index (χ3v) is 3.43. The average Bonchev–Trinajstić information content (AvgIpc) is 3.09. The topological polar surface area (TPSA) is 66.4 Å². The third kappa shape index (κ3) is 2.82. The fourth-order valence-electron chi connectivity index (χ4n) is 1.91. The van der Waals surface area contributed by atoms with Crippen LogP contribution in [0, 0.1) is 11.8 Å². The molecule has 0 aliphatic heterocycles. The molecule has 0 radical (unpaired) electrons. The summed E-state index contributed by atoms with van der Waals surface area (Å²) in [6.45, 7) is 1.86. The van der Waals surface area contributed by atoms with E-state index in [4.69, 9.17) is 16.7 Å². The van der Waals surface area contributed by atoms with E-state index in [1.54, 1.807) is 12.1 Å². The molecule has 0 saturated heterocycles. The van der Waals surface area contributed by atoms with Crippen LogP contribution in [-0.4, -0.2) is 17.0 Å². The highest BCUT2D eigenvalue weighted by atomic mass is 35.5. The highest BCUT2D eigenvalue weighted by Gasteiger charge is 2.48. The highest BCUT2D eigenvalue weighted by Crippen LogP contribution is 2.39. The van der Waals surface area contributed by atoms with Gasteiger partial charge >= 0.3 is 5.97 Å². The molecule has 18 heavy (non-hydrogen) atoms. The van der Waals surface area contributed by atoms with Crippen molar-refractivity contribution in [1.29, 1.82) is 0 Å². The summed E-state index contributed by atoms with van der Waals surface area (Å²) in [5, 5.41) is 12.2. The first-order valence-electron chi connectivity index (χ1n) is 5.77. The average molecular weight is 268 g/mol. The molecule has 1 amide bonds. The number of hydrogen-bond donors (Lipinski definition) is 2. The molecule has 1 fully saturated rings. The maximum Gasteiger partial charge on any atom is 0.307 e. The van der Waals surface area contributed by atoms with Gasteiger partial charge in [0.1, 0.15) is 0 Å². The SMILES string of the molecule is C[C@H](NC(=O)[C@@H]1C[C@H]1C(=O)O)c1ccc(Cl)cc1. The molecular formula is C13H14ClNO3. The first kappa shape index (κ1) is 12.9. The smallest absolute Gasteiger partial charge is 0.307 e. The fourth-order valence-corrected chi connectivity index (χ4v) is 2.04. The molecule has 5 heteroatoms. The van der Waals surface area contributed by atoms with Gasteiger partial charge in [-0.1, -0.05) is 23.7 Å². The molecule has 0 heterocycles. The minimum Gasteiger partial charge on any atom is -0.481 e. The van der Waals surface area contributed by atoms with Gasteiger partial charge in [0.2, 0.25) is 5.91 Å². The zero-order valence-electron chi connectivity index (χ0n) is 9.89. The summed E-state index contributed by atoms with van der Waals surface area (Å²) in [4.78, 5) is 22.4. The highest BCUT2D eigenvalue weighted by molar-refractivity contribution is 6.30. The van der Waals surface area contributed by atoms with E-state index >= 15 is 0 Å². The summed E-state index contributed by atoms with van der Waals surface area (Å²) >= 11 is 5.78. The van der Waals surface area contributed by atoms with Crippen molar-refractivity contribution >= 4 is 23.5 Å². The zero-order valence-corrected chi connectivity index (χ0v) is 10.6. The van der Waals surface area contributed by atoms with E-state index in [2.05, 4.69) is 5.32 Å². The van der Waals surface area contributed by atoms with Gasteiger partial charge in [-0.2, -0.15) is 0 Å². The first-order valence-corrected chi connectivity index (χ1v) is 6.15. The molecule has 4 nitrogen and oxygen atoms in total. The summed E-state index contributed by atoms with van der Waals surface area (Å²) in [7, 11) is 0. The number of carbonyl (C=O) groups is 2. The lowest BCUT2D eigenvalue weighted by molar-refractivity contribution is -0.140. The summed E-state index contributed by atoms with van der Waals surface area (Å²) in [5.41, 5.74) is 0.945. The van der Waals surface area contributed by atoms with Gasteiger partial charge in [-0.3, -0.25) is 9.59 Å². The summed E-state index contributed by atoms with van der Waals surface area (Å²) < 4.78 is 0. The van der Waals surface area contributed by atoms with Crippen LogP contribution < -0.4 is 5.32 Å². The predicted molar refractivity (Wildman–Crippen MR) is 67.2 cm³/mol. The van der Waals surface area contributed by atoms with Gasteiger partial charge in [-0.15, -0.1) is 0 Å². The predicted octanol–water partition coefficient (Wildman–Crippen LogP) is 2.24. The minimum absolute atomic E-state index is 0.148. The number of nitrogens with one attached hydrogen (secondary N) is 1. The summed E-state index contributed by atoms with van der Waals surface area (Å²) in [5.74, 6) is -1.97. The van der Waals surface area contributed by atoms with E-state index in [1.165, 1.54) is 0 Å². The van der Waals surface area contributed by atoms with Crippen molar-refractivity contribution in [3.8, 4) is 0 Å². The Bertz CT molecular complexity index is 472. The number of aliphatic carboxylic acids is 1. The molecule has 0 spiro atoms. The monoisotopic (exact) mass is 267 g/mol. The number of amides is 1. The van der Waals surface area contributed by atoms with E-state index in [9.17, 15) is 9.59 Å². The molecule has 0 unspecified atom stereocenters. The van der Waals surface area contributed by atoms with Crippen molar-refractivity contribution in [3.63, 3.8) is 0 Å². The molecule has 1 aromatic carbocycles. The van der Waals surface area contributed by atoms with Crippen molar-refractivity contribution in [2.45, 2.75) is 19.4 Å². The largest absolute Gasteiger partial charge is 0.481 e. The third-order valence-electron chi connectivity index (χ3n) is 3.17. The Kier molecular flexibility index (Phi) is 3.57. The maximum absolute atomic E-state index is 11.8. The lowest BCUT2D eigenvalue weighted by atomic mass is 10.1. The van der Waals surface area contributed by atoms with E-state index < -0.39 is 11.9 Å². The number of benzene rings is 1. The Morgan fingerprint density at radius 3 is 2.44 bits per heavy atom. The van der Waals surface area contributed by atoms with Crippen LogP contribution in [0.5, 0.6) is 0 Å². The standard InChI is InChI=1S/C13H14ClNO3/c1-7(8-2-4-9(14)5-3-8)15-12(16)10-6-11(10)13(17)18/h2-5,7,10-11H,6H2,1H3,(H,15,16)(H,17,18)/t7-,10+,11+/m0/s1. The van der Waals surface area contributed by atoms with Gasteiger partial charge in [-0.05, 0) is 31.0 Å². The zero-order chi connectivity index (χ0) is 13.3. The molecule has 3 atom stereocenters. The van der Waals surface area contributed by atoms with Crippen molar-refractivity contribution in [1.82, 2.24) is 5.32 Å². The number of rotatable bonds is 4. The van der Waals surface area contributed by atoms with Gasteiger partial charge in [0.05, 0.1) is 17.9 Å². The number of hydrogen-bond acceptors (Lipinski definition) is 2. The van der Waals surface area contributed by atoms with Gasteiger partial charge in [0.25, 0.3) is 0 Å². The molecular weight excluding hydrogens is 254 g/mol. The lowest BCUT2D eigenvalue weighted by Gasteiger charge is -2.14. The maximum atomic E-state index is 11.8. The molecule has 2 N–H and O–H groups in total. The minimum atomic E-state index is -0.894. The van der Waals surface area contributed by atoms with Gasteiger partial charge < -0.3 is 10.4 Å². The van der Waals surface area contributed by atoms with Crippen LogP contribution in [0.4, 0.5) is 0 Å². The Labute approximate surface area is 110 Å². The van der Waals surface area contributed by atoms with Gasteiger partial charge in [-0.25, -0.2) is 0 Å². The van der Waals surface area contributed by atoms with E-state index in [0.717, 1.165) is 5.56 Å². The molecule has 2 rings (SSSR count). The van der Waals surface area contributed by atoms with E-state index in [0.29, 0.717) is 11.4 Å². The van der Waals surface area contributed by atoms with E-state index in [-0.39, 0.29) is 17.9 Å². The molecule has 1 aromatic rings. The van der Waals surface area contributed by atoms with Crippen molar-refractivity contribution in [3.05, 3.63) is 34.9 Å². The van der Waals surface area contributed by atoms with Crippen molar-refractivity contribution < 1.29 is 14.7 Å². The number of carbonyl (C=O) groups excluding carboxylic acids is 1. The second kappa shape index (κ2) is 4.98. The Hall–Kier alpha value is -1.55. The Morgan fingerprint density at radius 1 is 1.33 bits per heavy atom.